The van der Waals surface area contributed by atoms with Gasteiger partial charge in [-0.15, -0.1) is 5.54 Å². The Morgan fingerprint density at radius 1 is 1.25 bits per heavy atom. The maximum atomic E-state index is 10.3. The van der Waals surface area contributed by atoms with Crippen molar-refractivity contribution in [2.75, 3.05) is 5.73 Å². The first-order valence-electron chi connectivity index (χ1n) is 5.34. The third-order valence-corrected chi connectivity index (χ3v) is 3.04. The number of hydrogen-bond donors (Lipinski definition) is 2. The van der Waals surface area contributed by atoms with Gasteiger partial charge >= 0.3 is 0 Å². The molecule has 1 atom stereocenters. The van der Waals surface area contributed by atoms with Crippen LogP contribution in [0, 0.1) is 11.5 Å². The van der Waals surface area contributed by atoms with Crippen molar-refractivity contribution in [2.45, 2.75) is 32.2 Å². The molecule has 16 heavy (non-hydrogen) atoms. The number of para-hydroxylation sites is 1. The highest BCUT2D eigenvalue weighted by molar-refractivity contribution is 6.83. The van der Waals surface area contributed by atoms with E-state index in [2.05, 4.69) is 31.1 Å². The van der Waals surface area contributed by atoms with Gasteiger partial charge in [0.05, 0.1) is 0 Å². The van der Waals surface area contributed by atoms with Gasteiger partial charge in [-0.1, -0.05) is 43.8 Å². The quantitative estimate of drug-likeness (QED) is 0.444. The molecule has 0 aliphatic rings. The number of aliphatic hydroxyl groups is 1. The molecule has 0 radical (unpaired) electrons. The van der Waals surface area contributed by atoms with Gasteiger partial charge in [0, 0.05) is 11.3 Å². The molecule has 0 heterocycles. The first kappa shape index (κ1) is 12.8. The van der Waals surface area contributed by atoms with E-state index in [0.717, 1.165) is 0 Å². The molecule has 0 fully saturated rings. The first-order chi connectivity index (χ1) is 7.22. The van der Waals surface area contributed by atoms with Crippen molar-refractivity contribution < 1.29 is 5.11 Å². The fraction of sp³-hybridized carbons (Fsp3) is 0.385. The molecule has 0 aromatic heterocycles. The van der Waals surface area contributed by atoms with E-state index in [4.69, 9.17) is 5.73 Å². The van der Waals surface area contributed by atoms with Crippen LogP contribution in [0.2, 0.25) is 19.6 Å². The Morgan fingerprint density at radius 3 is 2.31 bits per heavy atom. The lowest BCUT2D eigenvalue weighted by Gasteiger charge is -2.19. The summed E-state index contributed by atoms with van der Waals surface area (Å²) in [6.45, 7) is 8.12. The largest absolute Gasteiger partial charge is 0.398 e. The molecule has 1 rings (SSSR count). The summed E-state index contributed by atoms with van der Waals surface area (Å²) in [6.07, 6.45) is 0. The van der Waals surface area contributed by atoms with E-state index in [9.17, 15) is 5.11 Å². The van der Waals surface area contributed by atoms with Crippen molar-refractivity contribution in [1.82, 2.24) is 0 Å². The highest BCUT2D eigenvalue weighted by Crippen LogP contribution is 2.25. The van der Waals surface area contributed by atoms with E-state index in [1.165, 1.54) is 0 Å². The van der Waals surface area contributed by atoms with E-state index in [1.807, 2.05) is 18.2 Å². The number of benzene rings is 1. The summed E-state index contributed by atoms with van der Waals surface area (Å²) in [6, 6.07) is 7.30. The minimum Gasteiger partial charge on any atom is -0.398 e. The summed E-state index contributed by atoms with van der Waals surface area (Å²) in [5, 5.41) is 10.3. The normalized spacial score (nSPS) is 14.8. The van der Waals surface area contributed by atoms with Crippen molar-refractivity contribution >= 4 is 13.8 Å². The molecular formula is C13H19NOSi. The van der Waals surface area contributed by atoms with E-state index in [1.54, 1.807) is 13.0 Å². The lowest BCUT2D eigenvalue weighted by molar-refractivity contribution is 0.123. The fourth-order valence-electron chi connectivity index (χ4n) is 1.32. The lowest BCUT2D eigenvalue weighted by atomic mass is 9.95. The molecule has 1 unspecified atom stereocenters. The smallest absolute Gasteiger partial charge is 0.149 e. The van der Waals surface area contributed by atoms with Crippen LogP contribution in [0.1, 0.15) is 12.5 Å². The van der Waals surface area contributed by atoms with Crippen LogP contribution in [-0.4, -0.2) is 13.2 Å². The van der Waals surface area contributed by atoms with Crippen LogP contribution in [-0.2, 0) is 5.60 Å². The Morgan fingerprint density at radius 2 is 1.81 bits per heavy atom. The minimum atomic E-state index is -1.48. The van der Waals surface area contributed by atoms with Crippen LogP contribution in [0.25, 0.3) is 0 Å². The van der Waals surface area contributed by atoms with Crippen LogP contribution < -0.4 is 5.73 Å². The van der Waals surface area contributed by atoms with Gasteiger partial charge in [-0.3, -0.25) is 0 Å². The van der Waals surface area contributed by atoms with Gasteiger partial charge in [0.25, 0.3) is 0 Å². The number of nitrogens with two attached hydrogens (primary N) is 1. The Labute approximate surface area is 98.5 Å². The predicted octanol–water partition coefficient (Wildman–Crippen LogP) is 2.36. The van der Waals surface area contributed by atoms with Gasteiger partial charge in [0.15, 0.2) is 0 Å². The Bertz CT molecular complexity index is 435. The molecule has 0 spiro atoms. The highest BCUT2D eigenvalue weighted by Gasteiger charge is 2.23. The Kier molecular flexibility index (Phi) is 3.47. The van der Waals surface area contributed by atoms with Crippen molar-refractivity contribution in [3.63, 3.8) is 0 Å². The average molecular weight is 233 g/mol. The Balaban J connectivity index is 3.11. The topological polar surface area (TPSA) is 46.2 Å². The summed E-state index contributed by atoms with van der Waals surface area (Å²) in [5.74, 6) is 2.94. The van der Waals surface area contributed by atoms with Crippen LogP contribution in [0.3, 0.4) is 0 Å². The van der Waals surface area contributed by atoms with E-state index in [0.29, 0.717) is 11.3 Å². The molecule has 0 amide bonds. The van der Waals surface area contributed by atoms with Crippen LogP contribution >= 0.6 is 0 Å². The van der Waals surface area contributed by atoms with Crippen LogP contribution in [0.4, 0.5) is 5.69 Å². The molecule has 1 aromatic carbocycles. The monoisotopic (exact) mass is 233 g/mol. The molecule has 3 N–H and O–H groups in total. The molecule has 0 saturated carbocycles. The van der Waals surface area contributed by atoms with Crippen molar-refractivity contribution in [3.05, 3.63) is 29.8 Å². The second kappa shape index (κ2) is 4.32. The molecule has 1 aromatic rings. The third-order valence-electron chi connectivity index (χ3n) is 2.17. The highest BCUT2D eigenvalue weighted by atomic mass is 28.3. The fourth-order valence-corrected chi connectivity index (χ4v) is 1.94. The SMILES string of the molecule is CC(O)(C#C[Si](C)(C)C)c1ccccc1N. The zero-order valence-corrected chi connectivity index (χ0v) is 11.3. The van der Waals surface area contributed by atoms with Gasteiger partial charge in [-0.25, -0.2) is 0 Å². The van der Waals surface area contributed by atoms with Gasteiger partial charge in [0.1, 0.15) is 13.7 Å². The number of rotatable bonds is 1. The molecule has 86 valence electrons. The lowest BCUT2D eigenvalue weighted by Crippen LogP contribution is -2.23. The average Bonchev–Trinajstić information content (AvgIpc) is 2.14. The van der Waals surface area contributed by atoms with Crippen molar-refractivity contribution in [2.24, 2.45) is 0 Å². The maximum Gasteiger partial charge on any atom is 0.149 e. The van der Waals surface area contributed by atoms with Gasteiger partial charge in [-0.05, 0) is 13.0 Å². The summed E-state index contributed by atoms with van der Waals surface area (Å²) in [5.41, 5.74) is 9.10. The zero-order chi connectivity index (χ0) is 12.4. The number of anilines is 1. The first-order valence-corrected chi connectivity index (χ1v) is 8.84. The summed E-state index contributed by atoms with van der Waals surface area (Å²) >= 11 is 0. The minimum absolute atomic E-state index is 0.581. The van der Waals surface area contributed by atoms with Gasteiger partial charge < -0.3 is 10.8 Å². The molecule has 3 heteroatoms. The summed E-state index contributed by atoms with van der Waals surface area (Å²) in [4.78, 5) is 0. The standard InChI is InChI=1S/C13H19NOSi/c1-13(15,9-10-16(2,3)4)11-7-5-6-8-12(11)14/h5-8,15H,14H2,1-4H3. The van der Waals surface area contributed by atoms with Crippen molar-refractivity contribution in [1.29, 1.82) is 0 Å². The molecule has 2 nitrogen and oxygen atoms in total. The van der Waals surface area contributed by atoms with Crippen molar-refractivity contribution in [3.8, 4) is 11.5 Å². The second-order valence-corrected chi connectivity index (χ2v) is 9.91. The predicted molar refractivity (Wildman–Crippen MR) is 71.5 cm³/mol. The molecule has 0 aliphatic heterocycles. The molecule has 0 bridgehead atoms. The Hall–Kier alpha value is -1.24. The van der Waals surface area contributed by atoms with E-state index in [-0.39, 0.29) is 0 Å². The van der Waals surface area contributed by atoms with E-state index >= 15 is 0 Å². The second-order valence-electron chi connectivity index (χ2n) is 5.16. The third kappa shape index (κ3) is 3.40. The van der Waals surface area contributed by atoms with Crippen LogP contribution in [0.5, 0.6) is 0 Å². The van der Waals surface area contributed by atoms with Gasteiger partial charge in [-0.2, -0.15) is 0 Å². The van der Waals surface area contributed by atoms with E-state index < -0.39 is 13.7 Å². The maximum absolute atomic E-state index is 10.3. The number of nitrogen functional groups attached to an aromatic ring is 1. The molecule has 0 saturated heterocycles. The summed E-state index contributed by atoms with van der Waals surface area (Å²) in [7, 11) is -1.48. The summed E-state index contributed by atoms with van der Waals surface area (Å²) < 4.78 is 0. The van der Waals surface area contributed by atoms with Gasteiger partial charge in [0.2, 0.25) is 0 Å². The zero-order valence-electron chi connectivity index (χ0n) is 10.3. The molecule has 0 aliphatic carbocycles. The van der Waals surface area contributed by atoms with Crippen LogP contribution in [0.15, 0.2) is 24.3 Å². The number of hydrogen-bond acceptors (Lipinski definition) is 2. The molecular weight excluding hydrogens is 214 g/mol.